The van der Waals surface area contributed by atoms with Crippen LogP contribution in [-0.2, 0) is 28.0 Å². The number of aliphatic hydroxyl groups excluding tert-OH is 1. The van der Waals surface area contributed by atoms with Gasteiger partial charge in [-0.1, -0.05) is 22.7 Å². The minimum absolute atomic E-state index is 0.114. The molecule has 0 radical (unpaired) electrons. The molecular weight excluding hydrogens is 408 g/mol. The highest BCUT2D eigenvalue weighted by Crippen LogP contribution is 2.37. The van der Waals surface area contributed by atoms with Crippen LogP contribution in [0.5, 0.6) is 0 Å². The molecule has 1 aliphatic rings. The Morgan fingerprint density at radius 1 is 1.50 bits per heavy atom. The van der Waals surface area contributed by atoms with Crippen molar-refractivity contribution in [3.8, 4) is 0 Å². The van der Waals surface area contributed by atoms with Crippen molar-refractivity contribution < 1.29 is 23.3 Å². The van der Waals surface area contributed by atoms with E-state index >= 15 is 0 Å². The first-order valence-electron chi connectivity index (χ1n) is 8.21. The van der Waals surface area contributed by atoms with Gasteiger partial charge in [-0.05, 0) is 6.07 Å². The van der Waals surface area contributed by atoms with Gasteiger partial charge in [-0.2, -0.15) is 0 Å². The van der Waals surface area contributed by atoms with Crippen molar-refractivity contribution in [1.29, 1.82) is 0 Å². The Morgan fingerprint density at radius 2 is 2.25 bits per heavy atom. The molecule has 10 nitrogen and oxygen atoms in total. The van der Waals surface area contributed by atoms with Crippen molar-refractivity contribution in [2.45, 2.75) is 24.1 Å². The maximum Gasteiger partial charge on any atom is 0.289 e. The zero-order valence-electron chi connectivity index (χ0n) is 14.6. The Balaban J connectivity index is 2.10. The molecule has 1 aliphatic heterocycles. The summed E-state index contributed by atoms with van der Waals surface area (Å²) in [5.74, 6) is 0. The number of sulfonamides is 1. The van der Waals surface area contributed by atoms with Crippen LogP contribution in [0, 0.1) is 10.1 Å². The van der Waals surface area contributed by atoms with E-state index < -0.39 is 31.6 Å². The number of nitro benzene ring substituents is 1. The molecular formula is C16H18N4O6S2. The normalized spacial score (nSPS) is 16.7. The Bertz CT molecular complexity index is 991. The fourth-order valence-corrected chi connectivity index (χ4v) is 5.49. The molecule has 12 heteroatoms. The lowest BCUT2D eigenvalue weighted by Gasteiger charge is -2.31. The number of para-hydroxylation sites is 1. The molecule has 28 heavy (non-hydrogen) atoms. The first kappa shape index (κ1) is 20.5. The number of thiazole rings is 1. The molecule has 0 spiro atoms. The van der Waals surface area contributed by atoms with Crippen molar-refractivity contribution in [1.82, 2.24) is 14.8 Å². The minimum atomic E-state index is -4.39. The molecule has 0 saturated carbocycles. The molecule has 0 bridgehead atoms. The molecule has 0 saturated heterocycles. The van der Waals surface area contributed by atoms with Gasteiger partial charge >= 0.3 is 0 Å². The predicted molar refractivity (Wildman–Crippen MR) is 101 cm³/mol. The van der Waals surface area contributed by atoms with E-state index in [4.69, 9.17) is 4.84 Å². The molecule has 3 rings (SSSR count). The monoisotopic (exact) mass is 426 g/mol. The SMILES string of the molecule is C=CCON(C1CNCc2nc(CO)sc21)S(=O)(=O)c1ccccc1[N+](=O)[O-]. The van der Waals surface area contributed by atoms with E-state index in [-0.39, 0.29) is 19.8 Å². The van der Waals surface area contributed by atoms with E-state index in [0.717, 1.165) is 10.5 Å². The van der Waals surface area contributed by atoms with Gasteiger partial charge in [-0.25, -0.2) is 13.4 Å². The number of nitrogens with one attached hydrogen (secondary N) is 1. The van der Waals surface area contributed by atoms with Crippen LogP contribution in [0.2, 0.25) is 0 Å². The number of nitrogens with zero attached hydrogens (tertiary/aromatic N) is 3. The quantitative estimate of drug-likeness (QED) is 0.368. The summed E-state index contributed by atoms with van der Waals surface area (Å²) in [7, 11) is -4.39. The van der Waals surface area contributed by atoms with Crippen LogP contribution < -0.4 is 5.32 Å². The van der Waals surface area contributed by atoms with Gasteiger partial charge in [0.2, 0.25) is 0 Å². The number of hydroxylamine groups is 1. The van der Waals surface area contributed by atoms with Gasteiger partial charge < -0.3 is 10.4 Å². The fourth-order valence-electron chi connectivity index (χ4n) is 2.84. The maximum absolute atomic E-state index is 13.3. The number of rotatable bonds is 8. The molecule has 0 fully saturated rings. The third kappa shape index (κ3) is 3.83. The highest BCUT2D eigenvalue weighted by atomic mass is 32.2. The van der Waals surface area contributed by atoms with Crippen molar-refractivity contribution in [3.63, 3.8) is 0 Å². The summed E-state index contributed by atoms with van der Waals surface area (Å²) in [5.41, 5.74) is 0.0642. The van der Waals surface area contributed by atoms with E-state index in [9.17, 15) is 23.6 Å². The van der Waals surface area contributed by atoms with Gasteiger partial charge in [0.25, 0.3) is 15.7 Å². The second kappa shape index (κ2) is 8.43. The topological polar surface area (TPSA) is 135 Å². The lowest BCUT2D eigenvalue weighted by molar-refractivity contribution is -0.388. The van der Waals surface area contributed by atoms with Crippen LogP contribution in [0.25, 0.3) is 0 Å². The van der Waals surface area contributed by atoms with E-state index in [2.05, 4.69) is 16.9 Å². The second-order valence-corrected chi connectivity index (χ2v) is 8.66. The van der Waals surface area contributed by atoms with Crippen LogP contribution in [0.1, 0.15) is 21.6 Å². The summed E-state index contributed by atoms with van der Waals surface area (Å²) in [6.07, 6.45) is 1.38. The number of aliphatic hydroxyl groups is 1. The van der Waals surface area contributed by atoms with Gasteiger partial charge in [-0.3, -0.25) is 15.0 Å². The van der Waals surface area contributed by atoms with E-state index in [0.29, 0.717) is 22.1 Å². The first-order valence-corrected chi connectivity index (χ1v) is 10.5. The van der Waals surface area contributed by atoms with Crippen molar-refractivity contribution in [2.75, 3.05) is 13.2 Å². The van der Waals surface area contributed by atoms with Crippen LogP contribution >= 0.6 is 11.3 Å². The number of aromatic nitrogens is 1. The smallest absolute Gasteiger partial charge is 0.289 e. The van der Waals surface area contributed by atoms with Gasteiger partial charge in [-0.15, -0.1) is 17.9 Å². The summed E-state index contributed by atoms with van der Waals surface area (Å²) in [6, 6.07) is 4.29. The van der Waals surface area contributed by atoms with Gasteiger partial charge in [0, 0.05) is 19.2 Å². The third-order valence-electron chi connectivity index (χ3n) is 3.99. The number of hydrogen-bond donors (Lipinski definition) is 2. The molecule has 0 aliphatic carbocycles. The Morgan fingerprint density at radius 3 is 2.93 bits per heavy atom. The maximum atomic E-state index is 13.3. The summed E-state index contributed by atoms with van der Waals surface area (Å²) < 4.78 is 27.4. The lowest BCUT2D eigenvalue weighted by Crippen LogP contribution is -2.42. The minimum Gasteiger partial charge on any atom is -0.389 e. The predicted octanol–water partition coefficient (Wildman–Crippen LogP) is 1.50. The van der Waals surface area contributed by atoms with E-state index in [1.54, 1.807) is 0 Å². The molecule has 1 atom stereocenters. The molecule has 1 aromatic heterocycles. The standard InChI is InChI=1S/C16H18N4O6S2/c1-2-7-26-20(13-9-17-8-11-16(13)27-15(10-21)18-11)28(24,25)14-6-4-3-5-12(14)19(22)23/h2-6,13,17,21H,1,7-10H2. The van der Waals surface area contributed by atoms with Gasteiger partial charge in [0.15, 0.2) is 4.90 Å². The number of benzene rings is 1. The molecule has 2 heterocycles. The van der Waals surface area contributed by atoms with E-state index in [1.165, 1.54) is 35.6 Å². The summed E-state index contributed by atoms with van der Waals surface area (Å²) in [5, 5.41) is 24.2. The van der Waals surface area contributed by atoms with Crippen molar-refractivity contribution >= 4 is 27.0 Å². The Kier molecular flexibility index (Phi) is 6.17. The molecule has 1 aromatic carbocycles. The zero-order valence-corrected chi connectivity index (χ0v) is 16.3. The number of hydrogen-bond acceptors (Lipinski definition) is 9. The van der Waals surface area contributed by atoms with Gasteiger partial charge in [0.05, 0.1) is 28.7 Å². The summed E-state index contributed by atoms with van der Waals surface area (Å²) >= 11 is 1.18. The Labute approximate surface area is 165 Å². The number of nitro groups is 1. The highest BCUT2D eigenvalue weighted by molar-refractivity contribution is 7.89. The number of fused-ring (bicyclic) bond motifs is 1. The average Bonchev–Trinajstić information content (AvgIpc) is 3.12. The molecule has 150 valence electrons. The first-order chi connectivity index (χ1) is 13.4. The van der Waals surface area contributed by atoms with Crippen LogP contribution in [-0.4, -0.2) is 41.1 Å². The zero-order chi connectivity index (χ0) is 20.3. The molecule has 1 unspecified atom stereocenters. The highest BCUT2D eigenvalue weighted by Gasteiger charge is 2.40. The molecule has 2 aromatic rings. The van der Waals surface area contributed by atoms with Crippen molar-refractivity contribution in [2.24, 2.45) is 0 Å². The average molecular weight is 426 g/mol. The molecule has 0 amide bonds. The lowest BCUT2D eigenvalue weighted by atomic mass is 10.1. The third-order valence-corrected chi connectivity index (χ3v) is 6.91. The molecule has 2 N–H and O–H groups in total. The summed E-state index contributed by atoms with van der Waals surface area (Å²) in [4.78, 5) is 20.5. The Hall–Kier alpha value is -2.22. The largest absolute Gasteiger partial charge is 0.389 e. The van der Waals surface area contributed by atoms with Crippen LogP contribution in [0.3, 0.4) is 0 Å². The summed E-state index contributed by atoms with van der Waals surface area (Å²) in [6.45, 7) is 3.78. The van der Waals surface area contributed by atoms with Crippen LogP contribution in [0.4, 0.5) is 5.69 Å². The fraction of sp³-hybridized carbons (Fsp3) is 0.312. The van der Waals surface area contributed by atoms with E-state index in [1.807, 2.05) is 0 Å². The second-order valence-electron chi connectivity index (χ2n) is 5.79. The van der Waals surface area contributed by atoms with Gasteiger partial charge in [0.1, 0.15) is 11.0 Å². The van der Waals surface area contributed by atoms with Crippen LogP contribution in [0.15, 0.2) is 41.8 Å². The van der Waals surface area contributed by atoms with Crippen molar-refractivity contribution in [3.05, 3.63) is 62.6 Å².